The van der Waals surface area contributed by atoms with Crippen LogP contribution in [0.4, 0.5) is 11.4 Å². The van der Waals surface area contributed by atoms with Gasteiger partial charge in [-0.05, 0) is 44.3 Å². The van der Waals surface area contributed by atoms with Gasteiger partial charge < -0.3 is 15.5 Å². The van der Waals surface area contributed by atoms with Gasteiger partial charge in [0.1, 0.15) is 5.84 Å². The molecule has 0 aromatic heterocycles. The van der Waals surface area contributed by atoms with Crippen molar-refractivity contribution >= 4 is 29.0 Å². The Hall–Kier alpha value is -1.98. The zero-order chi connectivity index (χ0) is 18.0. The Bertz CT molecular complexity index is 770. The van der Waals surface area contributed by atoms with Gasteiger partial charge in [-0.25, -0.2) is 0 Å². The third-order valence-electron chi connectivity index (χ3n) is 4.73. The smallest absolute Gasteiger partial charge is 0.122 e. The van der Waals surface area contributed by atoms with E-state index in [0.717, 1.165) is 30.9 Å². The summed E-state index contributed by atoms with van der Waals surface area (Å²) in [6, 6.07) is 15.0. The monoisotopic (exact) mass is 354 g/mol. The molecule has 0 saturated carbocycles. The van der Waals surface area contributed by atoms with Crippen molar-refractivity contribution in [2.75, 3.05) is 24.5 Å². The van der Waals surface area contributed by atoms with Crippen LogP contribution in [0.15, 0.2) is 52.3 Å². The van der Waals surface area contributed by atoms with E-state index in [4.69, 9.17) is 11.1 Å². The summed E-state index contributed by atoms with van der Waals surface area (Å²) in [5, 5.41) is 7.79. The molecular weight excluding hydrogens is 328 g/mol. The molecule has 1 unspecified atom stereocenters. The summed E-state index contributed by atoms with van der Waals surface area (Å²) in [5.74, 6) is 0.114. The van der Waals surface area contributed by atoms with Crippen molar-refractivity contribution in [1.29, 1.82) is 5.41 Å². The highest BCUT2D eigenvalue weighted by Gasteiger charge is 2.28. The van der Waals surface area contributed by atoms with Crippen LogP contribution in [0.3, 0.4) is 0 Å². The zero-order valence-electron chi connectivity index (χ0n) is 15.1. The molecule has 5 heteroatoms. The van der Waals surface area contributed by atoms with Crippen LogP contribution in [-0.2, 0) is 0 Å². The number of nitrogens with zero attached hydrogens (tertiary/aromatic N) is 2. The number of para-hydroxylation sites is 1. The van der Waals surface area contributed by atoms with E-state index >= 15 is 0 Å². The van der Waals surface area contributed by atoms with Crippen LogP contribution in [0.2, 0.25) is 0 Å². The van der Waals surface area contributed by atoms with Crippen molar-refractivity contribution in [2.24, 2.45) is 5.73 Å². The molecule has 2 aromatic carbocycles. The van der Waals surface area contributed by atoms with Crippen LogP contribution in [0, 0.1) is 5.41 Å². The molecule has 4 nitrogen and oxygen atoms in total. The molecule has 1 aliphatic rings. The Balaban J connectivity index is 2.06. The molecule has 3 N–H and O–H groups in total. The van der Waals surface area contributed by atoms with Gasteiger partial charge in [-0.3, -0.25) is 5.41 Å². The van der Waals surface area contributed by atoms with Crippen molar-refractivity contribution in [3.63, 3.8) is 0 Å². The van der Waals surface area contributed by atoms with Gasteiger partial charge in [-0.2, -0.15) is 0 Å². The van der Waals surface area contributed by atoms with E-state index in [9.17, 15) is 0 Å². The number of benzene rings is 2. The summed E-state index contributed by atoms with van der Waals surface area (Å²) < 4.78 is 0. The molecule has 0 aliphatic carbocycles. The van der Waals surface area contributed by atoms with Crippen molar-refractivity contribution in [3.05, 3.63) is 48.0 Å². The van der Waals surface area contributed by atoms with Crippen LogP contribution in [0.1, 0.15) is 26.3 Å². The van der Waals surface area contributed by atoms with Crippen molar-refractivity contribution in [1.82, 2.24) is 4.90 Å². The van der Waals surface area contributed by atoms with E-state index in [1.54, 1.807) is 11.8 Å². The second kappa shape index (κ2) is 7.50. The molecule has 0 bridgehead atoms. The van der Waals surface area contributed by atoms with E-state index < -0.39 is 0 Å². The van der Waals surface area contributed by atoms with E-state index in [1.165, 1.54) is 15.5 Å². The lowest BCUT2D eigenvalue weighted by Gasteiger charge is -2.39. The minimum absolute atomic E-state index is 0.114. The summed E-state index contributed by atoms with van der Waals surface area (Å²) in [6.45, 7) is 9.78. The standard InChI is InChI=1S/C20H26N4S/c1-4-23(5-2)13-14(3)24-16-8-6-7-9-18(16)25-19-11-10-15(20(21)22)12-17(19)24/h6-12,14H,4-5,13H2,1-3H3,(H3,21,22). The number of likely N-dealkylation sites (N-methyl/N-ethyl adjacent to an activating group) is 1. The lowest BCUT2D eigenvalue weighted by atomic mass is 10.1. The lowest BCUT2D eigenvalue weighted by Crippen LogP contribution is -2.41. The molecule has 1 aliphatic heterocycles. The largest absolute Gasteiger partial charge is 0.384 e. The number of nitrogen functional groups attached to an aromatic ring is 1. The fourth-order valence-corrected chi connectivity index (χ4v) is 4.41. The molecular formula is C20H26N4S. The van der Waals surface area contributed by atoms with E-state index in [1.807, 2.05) is 6.07 Å². The number of rotatable bonds is 6. The van der Waals surface area contributed by atoms with Crippen LogP contribution in [0.25, 0.3) is 0 Å². The molecule has 0 radical (unpaired) electrons. The zero-order valence-corrected chi connectivity index (χ0v) is 15.9. The Morgan fingerprint density at radius 1 is 1.12 bits per heavy atom. The van der Waals surface area contributed by atoms with Crippen molar-refractivity contribution < 1.29 is 0 Å². The number of hydrogen-bond donors (Lipinski definition) is 2. The molecule has 1 atom stereocenters. The van der Waals surface area contributed by atoms with Crippen LogP contribution < -0.4 is 10.6 Å². The maximum atomic E-state index is 7.79. The van der Waals surface area contributed by atoms with Crippen molar-refractivity contribution in [3.8, 4) is 0 Å². The first-order valence-corrected chi connectivity index (χ1v) is 9.63. The number of fused-ring (bicyclic) bond motifs is 2. The molecule has 25 heavy (non-hydrogen) atoms. The lowest BCUT2D eigenvalue weighted by molar-refractivity contribution is 0.288. The highest BCUT2D eigenvalue weighted by atomic mass is 32.2. The highest BCUT2D eigenvalue weighted by molar-refractivity contribution is 7.99. The molecule has 2 aromatic rings. The van der Waals surface area contributed by atoms with Gasteiger partial charge in [0.2, 0.25) is 0 Å². The number of nitrogens with two attached hydrogens (primary N) is 1. The number of amidine groups is 1. The maximum Gasteiger partial charge on any atom is 0.122 e. The SMILES string of the molecule is CCN(CC)CC(C)N1c2ccccc2Sc2ccc(C(=N)N)cc21. The summed E-state index contributed by atoms with van der Waals surface area (Å²) in [6.07, 6.45) is 0. The third-order valence-corrected chi connectivity index (χ3v) is 5.86. The van der Waals surface area contributed by atoms with Crippen LogP contribution >= 0.6 is 11.8 Å². The normalized spacial score (nSPS) is 14.2. The van der Waals surface area contributed by atoms with Gasteiger partial charge in [-0.1, -0.05) is 43.8 Å². The first kappa shape index (κ1) is 17.8. The van der Waals surface area contributed by atoms with Crippen LogP contribution in [-0.4, -0.2) is 36.4 Å². The number of nitrogens with one attached hydrogen (secondary N) is 1. The summed E-state index contributed by atoms with van der Waals surface area (Å²) in [4.78, 5) is 7.35. The topological polar surface area (TPSA) is 56.4 Å². The summed E-state index contributed by atoms with van der Waals surface area (Å²) >= 11 is 1.79. The second-order valence-electron chi connectivity index (χ2n) is 6.37. The molecule has 3 rings (SSSR count). The fourth-order valence-electron chi connectivity index (χ4n) is 3.36. The minimum atomic E-state index is 0.114. The number of hydrogen-bond acceptors (Lipinski definition) is 4. The first-order valence-electron chi connectivity index (χ1n) is 8.82. The Morgan fingerprint density at radius 2 is 1.80 bits per heavy atom. The highest BCUT2D eigenvalue weighted by Crippen LogP contribution is 2.49. The molecule has 0 spiro atoms. The molecule has 0 fully saturated rings. The molecule has 1 heterocycles. The van der Waals surface area contributed by atoms with Gasteiger partial charge in [0.15, 0.2) is 0 Å². The minimum Gasteiger partial charge on any atom is -0.384 e. The number of anilines is 2. The quantitative estimate of drug-likeness (QED) is 0.600. The van der Waals surface area contributed by atoms with Gasteiger partial charge in [-0.15, -0.1) is 0 Å². The molecule has 0 saturated heterocycles. The Labute approximate surface area is 154 Å². The third kappa shape index (κ3) is 3.53. The van der Waals surface area contributed by atoms with Gasteiger partial charge >= 0.3 is 0 Å². The van der Waals surface area contributed by atoms with E-state index in [0.29, 0.717) is 6.04 Å². The first-order chi connectivity index (χ1) is 12.0. The fraction of sp³-hybridized carbons (Fsp3) is 0.350. The Morgan fingerprint density at radius 3 is 2.48 bits per heavy atom. The summed E-state index contributed by atoms with van der Waals surface area (Å²) in [7, 11) is 0. The Kier molecular flexibility index (Phi) is 5.35. The second-order valence-corrected chi connectivity index (χ2v) is 7.45. The average Bonchev–Trinajstić information content (AvgIpc) is 2.63. The van der Waals surface area contributed by atoms with Gasteiger partial charge in [0.05, 0.1) is 11.4 Å². The summed E-state index contributed by atoms with van der Waals surface area (Å²) in [5.41, 5.74) is 8.90. The predicted molar refractivity (Wildman–Crippen MR) is 107 cm³/mol. The average molecular weight is 355 g/mol. The van der Waals surface area contributed by atoms with Gasteiger partial charge in [0, 0.05) is 27.9 Å². The van der Waals surface area contributed by atoms with E-state index in [2.05, 4.69) is 67.0 Å². The van der Waals surface area contributed by atoms with E-state index in [-0.39, 0.29) is 5.84 Å². The van der Waals surface area contributed by atoms with Crippen LogP contribution in [0.5, 0.6) is 0 Å². The predicted octanol–water partition coefficient (Wildman–Crippen LogP) is 4.30. The van der Waals surface area contributed by atoms with Crippen molar-refractivity contribution in [2.45, 2.75) is 36.6 Å². The molecule has 132 valence electrons. The molecule has 0 amide bonds. The maximum absolute atomic E-state index is 7.79. The van der Waals surface area contributed by atoms with Gasteiger partial charge in [0.25, 0.3) is 0 Å².